The Labute approximate surface area is 144 Å². The molecule has 1 heterocycles. The van der Waals surface area contributed by atoms with Gasteiger partial charge in [-0.05, 0) is 32.0 Å². The summed E-state index contributed by atoms with van der Waals surface area (Å²) >= 11 is 5.51. The third-order valence-electron chi connectivity index (χ3n) is 4.03. The molecule has 2 N–H and O–H groups in total. The zero-order chi connectivity index (χ0) is 17.9. The minimum absolute atomic E-state index is 0.0329. The van der Waals surface area contributed by atoms with Gasteiger partial charge in [0.2, 0.25) is 11.8 Å². The van der Waals surface area contributed by atoms with Crippen molar-refractivity contribution in [2.24, 2.45) is 0 Å². The van der Waals surface area contributed by atoms with Crippen molar-refractivity contribution in [1.29, 1.82) is 0 Å². The number of hydrogen-bond donors (Lipinski definition) is 2. The van der Waals surface area contributed by atoms with Gasteiger partial charge in [-0.25, -0.2) is 8.78 Å². The number of benzene rings is 1. The molecular formula is C16H20ClF2N3O2. The van der Waals surface area contributed by atoms with Crippen molar-refractivity contribution < 1.29 is 18.4 Å². The molecule has 1 aliphatic heterocycles. The third kappa shape index (κ3) is 4.21. The lowest BCUT2D eigenvalue weighted by Gasteiger charge is -2.17. The maximum atomic E-state index is 13.8. The molecule has 2 rings (SSSR count). The Morgan fingerprint density at radius 2 is 2.08 bits per heavy atom. The predicted octanol–water partition coefficient (Wildman–Crippen LogP) is 1.49. The molecule has 5 nitrogen and oxygen atoms in total. The molecule has 0 bridgehead atoms. The summed E-state index contributed by atoms with van der Waals surface area (Å²) in [6.07, 6.45) is 0.249. The number of nitrogens with zero attached hydrogens (tertiary/aromatic N) is 1. The molecular weight excluding hydrogens is 340 g/mol. The van der Waals surface area contributed by atoms with Crippen LogP contribution in [0, 0.1) is 11.6 Å². The Bertz CT molecular complexity index is 642. The highest BCUT2D eigenvalue weighted by molar-refractivity contribution is 6.31. The van der Waals surface area contributed by atoms with Gasteiger partial charge in [-0.1, -0.05) is 17.7 Å². The standard InChI is InChI=1S/C16H20ClF2N3O2/c1-3-20-16(24)12-7-10(8-22(12)2)21-13(23)6-9-4-5-11(18)14(17)15(9)19/h4-5,10,12H,3,6-8H2,1-2H3,(H,20,24)(H,21,23). The van der Waals surface area contributed by atoms with Gasteiger partial charge in [-0.2, -0.15) is 0 Å². The van der Waals surface area contributed by atoms with Crippen LogP contribution in [-0.2, 0) is 16.0 Å². The molecule has 1 fully saturated rings. The minimum atomic E-state index is -0.921. The molecule has 0 aromatic heterocycles. The van der Waals surface area contributed by atoms with Crippen LogP contribution in [-0.4, -0.2) is 48.9 Å². The number of likely N-dealkylation sites (tertiary alicyclic amines) is 1. The predicted molar refractivity (Wildman–Crippen MR) is 86.7 cm³/mol. The van der Waals surface area contributed by atoms with E-state index in [-0.39, 0.29) is 30.0 Å². The lowest BCUT2D eigenvalue weighted by Crippen LogP contribution is -2.41. The highest BCUT2D eigenvalue weighted by atomic mass is 35.5. The van der Waals surface area contributed by atoms with Crippen molar-refractivity contribution >= 4 is 23.4 Å². The van der Waals surface area contributed by atoms with Crippen LogP contribution in [0.15, 0.2) is 12.1 Å². The van der Waals surface area contributed by atoms with Gasteiger partial charge >= 0.3 is 0 Å². The summed E-state index contributed by atoms with van der Waals surface area (Å²) in [5.74, 6) is -2.25. The van der Waals surface area contributed by atoms with E-state index >= 15 is 0 Å². The van der Waals surface area contributed by atoms with Gasteiger partial charge in [0.15, 0.2) is 0 Å². The van der Waals surface area contributed by atoms with Gasteiger partial charge in [-0.15, -0.1) is 0 Å². The number of amides is 2. The van der Waals surface area contributed by atoms with E-state index in [0.717, 1.165) is 6.07 Å². The first kappa shape index (κ1) is 18.6. The van der Waals surface area contributed by atoms with Gasteiger partial charge in [0.25, 0.3) is 0 Å². The molecule has 0 radical (unpaired) electrons. The Morgan fingerprint density at radius 1 is 1.38 bits per heavy atom. The van der Waals surface area contributed by atoms with Crippen LogP contribution in [0.3, 0.4) is 0 Å². The van der Waals surface area contributed by atoms with Crippen molar-refractivity contribution in [3.8, 4) is 0 Å². The second kappa shape index (κ2) is 7.90. The van der Waals surface area contributed by atoms with E-state index in [2.05, 4.69) is 10.6 Å². The van der Waals surface area contributed by atoms with E-state index < -0.39 is 22.6 Å². The molecule has 0 saturated carbocycles. The quantitative estimate of drug-likeness (QED) is 0.783. The van der Waals surface area contributed by atoms with E-state index in [4.69, 9.17) is 11.6 Å². The number of nitrogens with one attached hydrogen (secondary N) is 2. The normalized spacial score (nSPS) is 20.9. The lowest BCUT2D eigenvalue weighted by molar-refractivity contribution is -0.125. The van der Waals surface area contributed by atoms with Gasteiger partial charge in [0, 0.05) is 19.1 Å². The molecule has 2 atom stereocenters. The molecule has 24 heavy (non-hydrogen) atoms. The van der Waals surface area contributed by atoms with Gasteiger partial charge in [-0.3, -0.25) is 14.5 Å². The molecule has 1 aromatic rings. The van der Waals surface area contributed by atoms with Crippen molar-refractivity contribution in [3.05, 3.63) is 34.4 Å². The Balaban J connectivity index is 1.94. The molecule has 1 aliphatic rings. The fraction of sp³-hybridized carbons (Fsp3) is 0.500. The summed E-state index contributed by atoms with van der Waals surface area (Å²) < 4.78 is 27.0. The van der Waals surface area contributed by atoms with Crippen LogP contribution in [0.1, 0.15) is 18.9 Å². The maximum Gasteiger partial charge on any atom is 0.237 e. The maximum absolute atomic E-state index is 13.8. The average Bonchev–Trinajstić information content (AvgIpc) is 2.88. The third-order valence-corrected chi connectivity index (χ3v) is 4.38. The van der Waals surface area contributed by atoms with E-state index in [1.54, 1.807) is 0 Å². The van der Waals surface area contributed by atoms with Crippen LogP contribution in [0.4, 0.5) is 8.78 Å². The number of likely N-dealkylation sites (N-methyl/N-ethyl adjacent to an activating group) is 2. The van der Waals surface area contributed by atoms with E-state index in [0.29, 0.717) is 19.5 Å². The second-order valence-electron chi connectivity index (χ2n) is 5.86. The summed E-state index contributed by atoms with van der Waals surface area (Å²) in [6.45, 7) is 2.92. The molecule has 0 aliphatic carbocycles. The smallest absolute Gasteiger partial charge is 0.237 e. The summed E-state index contributed by atoms with van der Waals surface area (Å²) in [5.41, 5.74) is 0.0329. The molecule has 1 aromatic carbocycles. The van der Waals surface area contributed by atoms with Crippen LogP contribution >= 0.6 is 11.6 Å². The largest absolute Gasteiger partial charge is 0.355 e. The molecule has 2 amide bonds. The fourth-order valence-electron chi connectivity index (χ4n) is 2.86. The van der Waals surface area contributed by atoms with E-state index in [1.807, 2.05) is 18.9 Å². The van der Waals surface area contributed by atoms with Crippen LogP contribution in [0.5, 0.6) is 0 Å². The highest BCUT2D eigenvalue weighted by Gasteiger charge is 2.34. The number of rotatable bonds is 5. The zero-order valence-corrected chi connectivity index (χ0v) is 14.3. The van der Waals surface area contributed by atoms with E-state index in [1.165, 1.54) is 6.07 Å². The summed E-state index contributed by atoms with van der Waals surface area (Å²) in [7, 11) is 1.81. The van der Waals surface area contributed by atoms with E-state index in [9.17, 15) is 18.4 Å². The lowest BCUT2D eigenvalue weighted by atomic mass is 10.1. The topological polar surface area (TPSA) is 61.4 Å². The van der Waals surface area contributed by atoms with Crippen molar-refractivity contribution in [2.75, 3.05) is 20.1 Å². The van der Waals surface area contributed by atoms with Crippen molar-refractivity contribution in [3.63, 3.8) is 0 Å². The van der Waals surface area contributed by atoms with Crippen LogP contribution < -0.4 is 10.6 Å². The monoisotopic (exact) mass is 359 g/mol. The van der Waals surface area contributed by atoms with Gasteiger partial charge in [0.1, 0.15) is 16.7 Å². The number of halogens is 3. The molecule has 1 saturated heterocycles. The average molecular weight is 360 g/mol. The summed E-state index contributed by atoms with van der Waals surface area (Å²) in [5, 5.41) is 4.93. The Morgan fingerprint density at radius 3 is 2.75 bits per heavy atom. The molecule has 132 valence electrons. The SMILES string of the molecule is CCNC(=O)C1CC(NC(=O)Cc2ccc(F)c(Cl)c2F)CN1C. The second-order valence-corrected chi connectivity index (χ2v) is 6.24. The van der Waals surface area contributed by atoms with Crippen molar-refractivity contribution in [1.82, 2.24) is 15.5 Å². The summed E-state index contributed by atoms with van der Waals surface area (Å²) in [6, 6.07) is 1.73. The first-order valence-corrected chi connectivity index (χ1v) is 8.11. The summed E-state index contributed by atoms with van der Waals surface area (Å²) in [4.78, 5) is 25.9. The zero-order valence-electron chi connectivity index (χ0n) is 13.5. The first-order chi connectivity index (χ1) is 11.3. The first-order valence-electron chi connectivity index (χ1n) is 7.73. The Hall–Kier alpha value is -1.73. The highest BCUT2D eigenvalue weighted by Crippen LogP contribution is 2.22. The van der Waals surface area contributed by atoms with Crippen molar-refractivity contribution in [2.45, 2.75) is 31.8 Å². The minimum Gasteiger partial charge on any atom is -0.355 e. The molecule has 8 heteroatoms. The fourth-order valence-corrected chi connectivity index (χ4v) is 3.04. The number of carbonyl (C=O) groups excluding carboxylic acids is 2. The molecule has 0 spiro atoms. The Kier molecular flexibility index (Phi) is 6.12. The van der Waals surface area contributed by atoms with Gasteiger partial charge in [0.05, 0.1) is 12.5 Å². The van der Waals surface area contributed by atoms with Crippen LogP contribution in [0.2, 0.25) is 5.02 Å². The molecule has 2 unspecified atom stereocenters. The van der Waals surface area contributed by atoms with Gasteiger partial charge < -0.3 is 10.6 Å². The number of carbonyl (C=O) groups is 2. The van der Waals surface area contributed by atoms with Crippen LogP contribution in [0.25, 0.3) is 0 Å². The number of hydrogen-bond acceptors (Lipinski definition) is 3.